The van der Waals surface area contributed by atoms with Gasteiger partial charge in [-0.15, -0.1) is 0 Å². The van der Waals surface area contributed by atoms with E-state index < -0.39 is 0 Å². The minimum absolute atomic E-state index is 0.211. The van der Waals surface area contributed by atoms with Crippen molar-refractivity contribution in [3.8, 4) is 28.3 Å². The Morgan fingerprint density at radius 2 is 1.19 bits per heavy atom. The van der Waals surface area contributed by atoms with Crippen molar-refractivity contribution < 1.29 is 4.42 Å². The molecular weight excluding hydrogens is 707 g/mol. The Kier molecular flexibility index (Phi) is 6.94. The first-order chi connectivity index (χ1) is 28.5. The summed E-state index contributed by atoms with van der Waals surface area (Å²) in [4.78, 5) is 7.26. The summed E-state index contributed by atoms with van der Waals surface area (Å²) in [6, 6.07) is 67.8. The Morgan fingerprint density at radius 3 is 2.02 bits per heavy atom. The van der Waals surface area contributed by atoms with Gasteiger partial charge in [0.25, 0.3) is 0 Å². The fourth-order valence-electron chi connectivity index (χ4n) is 9.67. The van der Waals surface area contributed by atoms with Crippen LogP contribution in [-0.4, -0.2) is 9.55 Å². The molecule has 0 bridgehead atoms. The minimum atomic E-state index is -0.211. The fourth-order valence-corrected chi connectivity index (χ4v) is 9.67. The number of fused-ring (bicyclic) bond motifs is 11. The molecule has 4 heteroatoms. The highest BCUT2D eigenvalue weighted by atomic mass is 16.3. The SMILES string of the molecule is CC1(C)c2cc3ccc(N(c4ccccc4)c4ccc5c(c4)c4ccccc4n5-c4ccccc4)cc3cc2-c2ccc3c(ccc4nc(-c5ccccc5)oc43)c21. The number of hydrogen-bond acceptors (Lipinski definition) is 3. The van der Waals surface area contributed by atoms with Crippen molar-refractivity contribution in [1.82, 2.24) is 9.55 Å². The Hall–Kier alpha value is -7.43. The molecule has 0 saturated heterocycles. The number of hydrogen-bond donors (Lipinski definition) is 0. The van der Waals surface area contributed by atoms with Gasteiger partial charge in [-0.3, -0.25) is 0 Å². The number of anilines is 3. The summed E-state index contributed by atoms with van der Waals surface area (Å²) in [6.45, 7) is 4.72. The van der Waals surface area contributed by atoms with Crippen molar-refractivity contribution in [2.24, 2.45) is 0 Å². The largest absolute Gasteiger partial charge is 0.435 e. The van der Waals surface area contributed by atoms with E-state index in [4.69, 9.17) is 9.40 Å². The highest BCUT2D eigenvalue weighted by molar-refractivity contribution is 6.12. The van der Waals surface area contributed by atoms with Crippen LogP contribution in [0, 0.1) is 0 Å². The van der Waals surface area contributed by atoms with Crippen molar-refractivity contribution in [3.05, 3.63) is 199 Å². The Morgan fingerprint density at radius 1 is 0.500 bits per heavy atom. The molecule has 0 fully saturated rings. The molecule has 274 valence electrons. The van der Waals surface area contributed by atoms with Crippen LogP contribution in [0.25, 0.3) is 82.7 Å². The molecule has 58 heavy (non-hydrogen) atoms. The first-order valence-corrected chi connectivity index (χ1v) is 20.0. The number of para-hydroxylation sites is 3. The first kappa shape index (κ1) is 32.8. The van der Waals surface area contributed by atoms with Crippen molar-refractivity contribution in [2.75, 3.05) is 4.90 Å². The van der Waals surface area contributed by atoms with Gasteiger partial charge >= 0.3 is 0 Å². The van der Waals surface area contributed by atoms with Gasteiger partial charge in [0, 0.05) is 49.9 Å². The summed E-state index contributed by atoms with van der Waals surface area (Å²) in [7, 11) is 0. The number of rotatable bonds is 5. The van der Waals surface area contributed by atoms with Crippen LogP contribution in [0.3, 0.4) is 0 Å². The summed E-state index contributed by atoms with van der Waals surface area (Å²) in [5.74, 6) is 0.650. The molecule has 11 aromatic rings. The molecule has 0 radical (unpaired) electrons. The van der Waals surface area contributed by atoms with Gasteiger partial charge in [-0.25, -0.2) is 4.98 Å². The maximum atomic E-state index is 6.49. The highest BCUT2D eigenvalue weighted by Gasteiger charge is 2.37. The molecule has 0 aliphatic heterocycles. The minimum Gasteiger partial charge on any atom is -0.435 e. The lowest BCUT2D eigenvalue weighted by Gasteiger charge is -2.26. The molecule has 0 amide bonds. The summed E-state index contributed by atoms with van der Waals surface area (Å²) in [6.07, 6.45) is 0. The number of aromatic nitrogens is 2. The van der Waals surface area contributed by atoms with E-state index in [1.165, 1.54) is 60.2 Å². The predicted octanol–water partition coefficient (Wildman–Crippen LogP) is 14.7. The standard InChI is InChI=1S/C54H37N3O/c1-54(2)47-32-35-22-23-39(30-36(35)31-45(47)43-25-26-44-42(51(43)54)27-28-48-52(44)58-53(55-48)34-14-6-3-7-15-34)56(37-16-8-4-9-17-37)40-24-29-50-46(33-40)41-20-12-13-21-49(41)57(50)38-18-10-5-11-19-38/h3-33H,1-2H3. The zero-order valence-corrected chi connectivity index (χ0v) is 32.1. The molecule has 2 aromatic heterocycles. The van der Waals surface area contributed by atoms with E-state index >= 15 is 0 Å². The second-order valence-electron chi connectivity index (χ2n) is 16.0. The average molecular weight is 744 g/mol. The van der Waals surface area contributed by atoms with Crippen LogP contribution in [0.4, 0.5) is 17.1 Å². The van der Waals surface area contributed by atoms with E-state index in [0.717, 1.165) is 44.8 Å². The Labute approximate surface area is 335 Å². The predicted molar refractivity (Wildman–Crippen MR) is 241 cm³/mol. The van der Waals surface area contributed by atoms with E-state index in [-0.39, 0.29) is 5.41 Å². The third-order valence-electron chi connectivity index (χ3n) is 12.3. The van der Waals surface area contributed by atoms with E-state index in [0.29, 0.717) is 5.89 Å². The van der Waals surface area contributed by atoms with Crippen LogP contribution in [0.1, 0.15) is 25.0 Å². The second-order valence-corrected chi connectivity index (χ2v) is 16.0. The van der Waals surface area contributed by atoms with E-state index in [1.807, 2.05) is 30.3 Å². The van der Waals surface area contributed by atoms with Crippen molar-refractivity contribution >= 4 is 71.5 Å². The molecule has 12 rings (SSSR count). The summed E-state index contributed by atoms with van der Waals surface area (Å²) >= 11 is 0. The Bertz CT molecular complexity index is 3420. The summed E-state index contributed by atoms with van der Waals surface area (Å²) < 4.78 is 8.86. The Balaban J connectivity index is 1.01. The maximum absolute atomic E-state index is 6.49. The van der Waals surface area contributed by atoms with Crippen molar-refractivity contribution in [3.63, 3.8) is 0 Å². The molecule has 4 nitrogen and oxygen atoms in total. The molecule has 2 heterocycles. The third kappa shape index (κ3) is 4.78. The van der Waals surface area contributed by atoms with Crippen LogP contribution in [0.15, 0.2) is 192 Å². The molecule has 1 aliphatic rings. The van der Waals surface area contributed by atoms with Gasteiger partial charge in [0.1, 0.15) is 5.52 Å². The van der Waals surface area contributed by atoms with Crippen LogP contribution < -0.4 is 4.90 Å². The van der Waals surface area contributed by atoms with Crippen molar-refractivity contribution in [1.29, 1.82) is 0 Å². The molecule has 0 saturated carbocycles. The van der Waals surface area contributed by atoms with Gasteiger partial charge in [0.15, 0.2) is 5.58 Å². The van der Waals surface area contributed by atoms with Crippen LogP contribution >= 0.6 is 0 Å². The summed E-state index contributed by atoms with van der Waals surface area (Å²) in [5, 5.41) is 7.21. The molecule has 1 aliphatic carbocycles. The van der Waals surface area contributed by atoms with Crippen LogP contribution in [0.5, 0.6) is 0 Å². The zero-order chi connectivity index (χ0) is 38.5. The monoisotopic (exact) mass is 743 g/mol. The third-order valence-corrected chi connectivity index (χ3v) is 12.3. The number of benzene rings is 9. The van der Waals surface area contributed by atoms with Crippen LogP contribution in [-0.2, 0) is 5.41 Å². The molecule has 0 N–H and O–H groups in total. The normalized spacial score (nSPS) is 13.1. The van der Waals surface area contributed by atoms with Crippen LogP contribution in [0.2, 0.25) is 0 Å². The van der Waals surface area contributed by atoms with Gasteiger partial charge in [0.05, 0.1) is 11.0 Å². The van der Waals surface area contributed by atoms with Gasteiger partial charge in [-0.1, -0.05) is 105 Å². The average Bonchev–Trinajstić information content (AvgIpc) is 3.92. The second kappa shape index (κ2) is 12.3. The van der Waals surface area contributed by atoms with E-state index in [1.54, 1.807) is 0 Å². The smallest absolute Gasteiger partial charge is 0.227 e. The van der Waals surface area contributed by atoms with Crippen molar-refractivity contribution in [2.45, 2.75) is 19.3 Å². The molecule has 0 atom stereocenters. The molecular formula is C54H37N3O. The first-order valence-electron chi connectivity index (χ1n) is 20.0. The molecule has 9 aromatic carbocycles. The lowest BCUT2D eigenvalue weighted by atomic mass is 9.80. The molecule has 0 unspecified atom stereocenters. The van der Waals surface area contributed by atoms with E-state index in [9.17, 15) is 0 Å². The molecule has 0 spiro atoms. The van der Waals surface area contributed by atoms with E-state index in [2.05, 4.69) is 181 Å². The lowest BCUT2D eigenvalue weighted by Crippen LogP contribution is -2.15. The quantitative estimate of drug-likeness (QED) is 0.176. The number of oxazole rings is 1. The van der Waals surface area contributed by atoms with Gasteiger partial charge < -0.3 is 13.9 Å². The zero-order valence-electron chi connectivity index (χ0n) is 32.1. The van der Waals surface area contributed by atoms with Gasteiger partial charge in [0.2, 0.25) is 5.89 Å². The van der Waals surface area contributed by atoms with Gasteiger partial charge in [-0.05, 0) is 135 Å². The maximum Gasteiger partial charge on any atom is 0.227 e. The van der Waals surface area contributed by atoms with Gasteiger partial charge in [-0.2, -0.15) is 0 Å². The topological polar surface area (TPSA) is 34.2 Å². The lowest BCUT2D eigenvalue weighted by molar-refractivity contribution is 0.623. The summed E-state index contributed by atoms with van der Waals surface area (Å²) in [5.41, 5.74) is 14.6. The number of nitrogens with zero attached hydrogens (tertiary/aromatic N) is 3. The highest BCUT2D eigenvalue weighted by Crippen LogP contribution is 2.53. The fraction of sp³-hybridized carbons (Fsp3) is 0.0556.